The predicted molar refractivity (Wildman–Crippen MR) is 69.5 cm³/mol. The summed E-state index contributed by atoms with van der Waals surface area (Å²) in [5, 5.41) is 11.3. The summed E-state index contributed by atoms with van der Waals surface area (Å²) in [7, 11) is -2.20. The van der Waals surface area contributed by atoms with Crippen molar-refractivity contribution in [3.63, 3.8) is 0 Å². The highest BCUT2D eigenvalue weighted by molar-refractivity contribution is 7.88. The van der Waals surface area contributed by atoms with Crippen LogP contribution in [0.4, 0.5) is 5.69 Å². The largest absolute Gasteiger partial charge is 0.478 e. The van der Waals surface area contributed by atoms with Gasteiger partial charge in [-0.2, -0.15) is 4.31 Å². The Bertz CT molecular complexity index is 597. The predicted octanol–water partition coefficient (Wildman–Crippen LogP) is 0.215. The summed E-state index contributed by atoms with van der Waals surface area (Å²) in [6.07, 6.45) is 0.978. The maximum atomic E-state index is 11.6. The van der Waals surface area contributed by atoms with Crippen LogP contribution in [0.5, 0.6) is 0 Å². The SMILES string of the molecule is CN(CC(=O)Nc1ccccc1C(=O)O)S(C)(=O)=O. The van der Waals surface area contributed by atoms with Crippen LogP contribution in [0, 0.1) is 0 Å². The zero-order valence-electron chi connectivity index (χ0n) is 10.5. The minimum atomic E-state index is -3.46. The summed E-state index contributed by atoms with van der Waals surface area (Å²) < 4.78 is 23.2. The highest BCUT2D eigenvalue weighted by Gasteiger charge is 2.17. The molecule has 0 spiro atoms. The number of hydrogen-bond acceptors (Lipinski definition) is 4. The van der Waals surface area contributed by atoms with Gasteiger partial charge in [0.05, 0.1) is 24.1 Å². The van der Waals surface area contributed by atoms with E-state index in [0.29, 0.717) is 0 Å². The molecule has 104 valence electrons. The topological polar surface area (TPSA) is 104 Å². The van der Waals surface area contributed by atoms with Crippen molar-refractivity contribution in [1.29, 1.82) is 0 Å². The van der Waals surface area contributed by atoms with E-state index in [4.69, 9.17) is 5.11 Å². The lowest BCUT2D eigenvalue weighted by molar-refractivity contribution is -0.116. The van der Waals surface area contributed by atoms with Crippen LogP contribution in [0.3, 0.4) is 0 Å². The van der Waals surface area contributed by atoms with E-state index >= 15 is 0 Å². The van der Waals surface area contributed by atoms with Crippen molar-refractivity contribution in [2.24, 2.45) is 0 Å². The minimum absolute atomic E-state index is 0.0575. The third-order valence-corrected chi connectivity index (χ3v) is 3.63. The molecule has 8 heteroatoms. The molecule has 2 N–H and O–H groups in total. The normalized spacial score (nSPS) is 11.3. The molecule has 0 radical (unpaired) electrons. The molecule has 1 aromatic rings. The van der Waals surface area contributed by atoms with Gasteiger partial charge in [0.25, 0.3) is 0 Å². The molecule has 19 heavy (non-hydrogen) atoms. The first-order valence-corrected chi connectivity index (χ1v) is 7.10. The van der Waals surface area contributed by atoms with Gasteiger partial charge in [-0.15, -0.1) is 0 Å². The van der Waals surface area contributed by atoms with Crippen molar-refractivity contribution in [2.75, 3.05) is 25.2 Å². The van der Waals surface area contributed by atoms with Gasteiger partial charge >= 0.3 is 5.97 Å². The molecule has 0 saturated carbocycles. The van der Waals surface area contributed by atoms with Crippen molar-refractivity contribution in [2.45, 2.75) is 0 Å². The lowest BCUT2D eigenvalue weighted by Gasteiger charge is -2.14. The number of rotatable bonds is 5. The molecule has 1 amide bonds. The number of anilines is 1. The molecular weight excluding hydrogens is 272 g/mol. The molecule has 0 atom stereocenters. The number of carboxylic acids is 1. The Morgan fingerprint density at radius 1 is 1.32 bits per heavy atom. The van der Waals surface area contributed by atoms with Crippen LogP contribution in [0.25, 0.3) is 0 Å². The minimum Gasteiger partial charge on any atom is -0.478 e. The van der Waals surface area contributed by atoms with E-state index in [2.05, 4.69) is 5.32 Å². The third-order valence-electron chi connectivity index (χ3n) is 2.36. The van der Waals surface area contributed by atoms with E-state index < -0.39 is 21.9 Å². The second-order valence-electron chi connectivity index (χ2n) is 3.92. The van der Waals surface area contributed by atoms with Crippen molar-refractivity contribution in [3.05, 3.63) is 29.8 Å². The molecule has 0 aliphatic heterocycles. The number of hydrogen-bond donors (Lipinski definition) is 2. The zero-order chi connectivity index (χ0) is 14.6. The first-order chi connectivity index (χ1) is 8.71. The summed E-state index contributed by atoms with van der Waals surface area (Å²) in [5.74, 6) is -1.78. The number of nitrogens with zero attached hydrogens (tertiary/aromatic N) is 1. The summed E-state index contributed by atoms with van der Waals surface area (Å²) in [6, 6.07) is 5.88. The molecule has 1 aromatic carbocycles. The number of para-hydroxylation sites is 1. The third kappa shape index (κ3) is 4.34. The average Bonchev–Trinajstić information content (AvgIpc) is 2.27. The van der Waals surface area contributed by atoms with Gasteiger partial charge < -0.3 is 10.4 Å². The molecule has 0 saturated heterocycles. The summed E-state index contributed by atoms with van der Waals surface area (Å²) >= 11 is 0. The van der Waals surface area contributed by atoms with Crippen molar-refractivity contribution < 1.29 is 23.1 Å². The van der Waals surface area contributed by atoms with E-state index in [1.807, 2.05) is 0 Å². The number of nitrogens with one attached hydrogen (secondary N) is 1. The van der Waals surface area contributed by atoms with Gasteiger partial charge in [-0.05, 0) is 12.1 Å². The Balaban J connectivity index is 2.81. The van der Waals surface area contributed by atoms with Crippen molar-refractivity contribution in [1.82, 2.24) is 4.31 Å². The maximum Gasteiger partial charge on any atom is 0.337 e. The number of carboxylic acid groups (broad SMARTS) is 1. The monoisotopic (exact) mass is 286 g/mol. The summed E-state index contributed by atoms with van der Waals surface area (Å²) in [6.45, 7) is -0.382. The summed E-state index contributed by atoms with van der Waals surface area (Å²) in [4.78, 5) is 22.6. The molecule has 0 fully saturated rings. The standard InChI is InChI=1S/C11H14N2O5S/c1-13(19(2,17)18)7-10(14)12-9-6-4-3-5-8(9)11(15)16/h3-6H,7H2,1-2H3,(H,12,14)(H,15,16). The van der Waals surface area contributed by atoms with Crippen LogP contribution in [0.1, 0.15) is 10.4 Å². The molecule has 0 heterocycles. The van der Waals surface area contributed by atoms with Crippen molar-refractivity contribution in [3.8, 4) is 0 Å². The van der Waals surface area contributed by atoms with Gasteiger partial charge in [-0.1, -0.05) is 12.1 Å². The molecule has 0 aliphatic carbocycles. The van der Waals surface area contributed by atoms with Gasteiger partial charge in [0.2, 0.25) is 15.9 Å². The fourth-order valence-corrected chi connectivity index (χ4v) is 1.64. The average molecular weight is 286 g/mol. The lowest BCUT2D eigenvalue weighted by atomic mass is 10.2. The molecule has 0 aromatic heterocycles. The van der Waals surface area contributed by atoms with E-state index in [1.165, 1.54) is 25.2 Å². The Morgan fingerprint density at radius 3 is 2.42 bits per heavy atom. The van der Waals surface area contributed by atoms with Crippen LogP contribution in [-0.4, -0.2) is 49.6 Å². The van der Waals surface area contributed by atoms with Crippen LogP contribution in [-0.2, 0) is 14.8 Å². The van der Waals surface area contributed by atoms with Crippen LogP contribution >= 0.6 is 0 Å². The number of benzene rings is 1. The number of amides is 1. The molecule has 0 bridgehead atoms. The molecule has 1 rings (SSSR count). The Morgan fingerprint density at radius 2 is 1.89 bits per heavy atom. The Labute approximate surface area is 110 Å². The number of likely N-dealkylation sites (N-methyl/N-ethyl adjacent to an activating group) is 1. The maximum absolute atomic E-state index is 11.6. The van der Waals surface area contributed by atoms with Gasteiger partial charge in [-0.25, -0.2) is 13.2 Å². The van der Waals surface area contributed by atoms with E-state index in [1.54, 1.807) is 6.07 Å². The van der Waals surface area contributed by atoms with E-state index in [9.17, 15) is 18.0 Å². The zero-order valence-corrected chi connectivity index (χ0v) is 11.3. The molecule has 0 aliphatic rings. The Hall–Kier alpha value is -1.93. The van der Waals surface area contributed by atoms with Crippen LogP contribution < -0.4 is 5.32 Å². The molecular formula is C11H14N2O5S. The van der Waals surface area contributed by atoms with Gasteiger partial charge in [0.15, 0.2) is 0 Å². The van der Waals surface area contributed by atoms with Crippen LogP contribution in [0.15, 0.2) is 24.3 Å². The van der Waals surface area contributed by atoms with Gasteiger partial charge in [-0.3, -0.25) is 4.79 Å². The smallest absolute Gasteiger partial charge is 0.337 e. The van der Waals surface area contributed by atoms with Crippen LogP contribution in [0.2, 0.25) is 0 Å². The highest BCUT2D eigenvalue weighted by Crippen LogP contribution is 2.14. The first-order valence-electron chi connectivity index (χ1n) is 5.25. The van der Waals surface area contributed by atoms with Gasteiger partial charge in [0, 0.05) is 7.05 Å². The number of sulfonamides is 1. The van der Waals surface area contributed by atoms with E-state index in [-0.39, 0.29) is 17.8 Å². The lowest BCUT2D eigenvalue weighted by Crippen LogP contribution is -2.34. The quantitative estimate of drug-likeness (QED) is 0.805. The second kappa shape index (κ2) is 5.81. The second-order valence-corrected chi connectivity index (χ2v) is 6.01. The van der Waals surface area contributed by atoms with Crippen molar-refractivity contribution >= 4 is 27.6 Å². The number of carbonyl (C=O) groups excluding carboxylic acids is 1. The fraction of sp³-hybridized carbons (Fsp3) is 0.273. The fourth-order valence-electron chi connectivity index (χ4n) is 1.29. The molecule has 7 nitrogen and oxygen atoms in total. The Kier molecular flexibility index (Phi) is 4.62. The van der Waals surface area contributed by atoms with E-state index in [0.717, 1.165) is 10.6 Å². The first kappa shape index (κ1) is 15.1. The van der Waals surface area contributed by atoms with Gasteiger partial charge in [0.1, 0.15) is 0 Å². The highest BCUT2D eigenvalue weighted by atomic mass is 32.2. The summed E-state index contributed by atoms with van der Waals surface area (Å²) in [5.41, 5.74) is 0.0692. The number of carbonyl (C=O) groups is 2. The number of aromatic carboxylic acids is 1. The molecule has 0 unspecified atom stereocenters.